The van der Waals surface area contributed by atoms with Crippen molar-refractivity contribution in [2.24, 2.45) is 0 Å². The molecule has 0 aliphatic carbocycles. The molecule has 0 fully saturated rings. The van der Waals surface area contributed by atoms with Gasteiger partial charge >= 0.3 is 0 Å². The van der Waals surface area contributed by atoms with Gasteiger partial charge in [-0.15, -0.1) is 0 Å². The maximum absolute atomic E-state index is 5.40. The van der Waals surface area contributed by atoms with Crippen molar-refractivity contribution in [3.8, 4) is 0 Å². The van der Waals surface area contributed by atoms with Crippen molar-refractivity contribution in [1.82, 2.24) is 0 Å². The predicted molar refractivity (Wildman–Crippen MR) is 41.7 cm³/mol. The van der Waals surface area contributed by atoms with Gasteiger partial charge < -0.3 is 0 Å². The molecule has 0 saturated carbocycles. The second-order valence-electron chi connectivity index (χ2n) is 1.66. The molecule has 0 atom stereocenters. The van der Waals surface area contributed by atoms with Crippen LogP contribution in [0.5, 0.6) is 0 Å². The van der Waals surface area contributed by atoms with Gasteiger partial charge in [0.25, 0.3) is 0 Å². The molecule has 0 spiro atoms. The molecule has 0 N–H and O–H groups in total. The zero-order valence-corrected chi connectivity index (χ0v) is 7.20. The monoisotopic (exact) mass is 147 g/mol. The van der Waals surface area contributed by atoms with Gasteiger partial charge in [0.15, 0.2) is 0 Å². The van der Waals surface area contributed by atoms with E-state index >= 15 is 0 Å². The van der Waals surface area contributed by atoms with Crippen molar-refractivity contribution >= 4 is 20.4 Å². The van der Waals surface area contributed by atoms with E-state index in [4.69, 9.17) is 11.6 Å². The summed E-state index contributed by atoms with van der Waals surface area (Å²) < 4.78 is 0. The summed E-state index contributed by atoms with van der Waals surface area (Å²) in [6.07, 6.45) is 0. The van der Waals surface area contributed by atoms with Gasteiger partial charge in [-0.1, -0.05) is 43.2 Å². The van der Waals surface area contributed by atoms with E-state index < -0.39 is 0 Å². The Kier molecular flexibility index (Phi) is 5.55. The fourth-order valence-electron chi connectivity index (χ4n) is 0.575. The SMILES string of the molecule is CC[Si](/C=C/Cl)CC. The van der Waals surface area contributed by atoms with E-state index in [1.54, 1.807) is 5.54 Å². The van der Waals surface area contributed by atoms with Crippen molar-refractivity contribution < 1.29 is 0 Å². The molecule has 0 rings (SSSR count). The standard InChI is InChI=1S/C6H12ClSi/c1-3-8(4-2)6-5-7/h5-6H,3-4H2,1-2H3/b6-5+. The molecule has 0 nitrogen and oxygen atoms in total. The van der Waals surface area contributed by atoms with Gasteiger partial charge in [-0.2, -0.15) is 0 Å². The summed E-state index contributed by atoms with van der Waals surface area (Å²) >= 11 is 5.40. The zero-order chi connectivity index (χ0) is 6.41. The van der Waals surface area contributed by atoms with Gasteiger partial charge in [-0.05, 0) is 5.54 Å². The topological polar surface area (TPSA) is 0 Å². The van der Waals surface area contributed by atoms with E-state index in [0.29, 0.717) is 0 Å². The van der Waals surface area contributed by atoms with Crippen LogP contribution in [0.15, 0.2) is 11.2 Å². The first-order chi connectivity index (χ1) is 3.85. The van der Waals surface area contributed by atoms with Gasteiger partial charge in [0.05, 0.1) is 8.80 Å². The molecule has 1 radical (unpaired) electrons. The Morgan fingerprint density at radius 1 is 1.38 bits per heavy atom. The van der Waals surface area contributed by atoms with E-state index in [0.717, 1.165) is 0 Å². The minimum atomic E-state index is -0.187. The van der Waals surface area contributed by atoms with E-state index in [2.05, 4.69) is 19.5 Å². The Hall–Kier alpha value is 0.247. The van der Waals surface area contributed by atoms with Crippen LogP contribution in [0.4, 0.5) is 0 Å². The second-order valence-corrected chi connectivity index (χ2v) is 4.97. The lowest BCUT2D eigenvalue weighted by Gasteiger charge is -1.99. The molecule has 0 aromatic heterocycles. The minimum Gasteiger partial charge on any atom is -0.0937 e. The molecule has 0 aromatic carbocycles. The van der Waals surface area contributed by atoms with Crippen LogP contribution in [0.1, 0.15) is 13.8 Å². The average Bonchev–Trinajstić information content (AvgIpc) is 1.83. The molecular weight excluding hydrogens is 136 g/mol. The highest BCUT2D eigenvalue weighted by Crippen LogP contribution is 1.99. The highest BCUT2D eigenvalue weighted by atomic mass is 35.5. The summed E-state index contributed by atoms with van der Waals surface area (Å²) in [5.74, 6) is 0. The molecule has 0 bridgehead atoms. The normalized spacial score (nSPS) is 11.5. The third-order valence-corrected chi connectivity index (χ3v) is 4.00. The number of rotatable bonds is 3. The summed E-state index contributed by atoms with van der Waals surface area (Å²) in [6, 6.07) is 2.59. The van der Waals surface area contributed by atoms with Crippen LogP contribution in [-0.4, -0.2) is 8.80 Å². The molecule has 0 heterocycles. The fourth-order valence-corrected chi connectivity index (χ4v) is 2.26. The Morgan fingerprint density at radius 2 is 1.88 bits per heavy atom. The smallest absolute Gasteiger partial charge is 0.0764 e. The highest BCUT2D eigenvalue weighted by molar-refractivity contribution is 6.64. The first kappa shape index (κ1) is 8.25. The third kappa shape index (κ3) is 3.27. The largest absolute Gasteiger partial charge is 0.0937 e. The van der Waals surface area contributed by atoms with Crippen LogP contribution in [0.3, 0.4) is 0 Å². The van der Waals surface area contributed by atoms with Crippen LogP contribution in [0, 0.1) is 0 Å². The molecular formula is C6H12ClSi. The summed E-state index contributed by atoms with van der Waals surface area (Å²) in [4.78, 5) is 0. The van der Waals surface area contributed by atoms with Crippen molar-refractivity contribution in [3.05, 3.63) is 11.2 Å². The van der Waals surface area contributed by atoms with Crippen molar-refractivity contribution in [3.63, 3.8) is 0 Å². The first-order valence-electron chi connectivity index (χ1n) is 2.96. The van der Waals surface area contributed by atoms with Crippen LogP contribution >= 0.6 is 11.6 Å². The van der Waals surface area contributed by atoms with E-state index in [-0.39, 0.29) is 8.80 Å². The van der Waals surface area contributed by atoms with E-state index in [9.17, 15) is 0 Å². The van der Waals surface area contributed by atoms with Crippen molar-refractivity contribution in [1.29, 1.82) is 0 Å². The van der Waals surface area contributed by atoms with Gasteiger partial charge in [0, 0.05) is 0 Å². The molecule has 0 saturated heterocycles. The molecule has 0 amide bonds. The van der Waals surface area contributed by atoms with Crippen molar-refractivity contribution in [2.75, 3.05) is 0 Å². The molecule has 2 heteroatoms. The first-order valence-corrected chi connectivity index (χ1v) is 5.39. The van der Waals surface area contributed by atoms with Gasteiger partial charge in [0.2, 0.25) is 0 Å². The predicted octanol–water partition coefficient (Wildman–Crippen LogP) is 2.81. The minimum absolute atomic E-state index is 0.187. The van der Waals surface area contributed by atoms with Gasteiger partial charge in [-0.3, -0.25) is 0 Å². The van der Waals surface area contributed by atoms with E-state index in [1.807, 2.05) is 0 Å². The zero-order valence-electron chi connectivity index (χ0n) is 5.45. The number of halogens is 1. The fraction of sp³-hybridized carbons (Fsp3) is 0.667. The lowest BCUT2D eigenvalue weighted by atomic mass is 10.9. The van der Waals surface area contributed by atoms with Crippen molar-refractivity contribution in [2.45, 2.75) is 25.9 Å². The Balaban J connectivity index is 3.36. The second kappa shape index (κ2) is 5.38. The lowest BCUT2D eigenvalue weighted by Crippen LogP contribution is -2.03. The maximum atomic E-state index is 5.40. The Bertz CT molecular complexity index is 66.9. The van der Waals surface area contributed by atoms with Gasteiger partial charge in [0.1, 0.15) is 0 Å². The van der Waals surface area contributed by atoms with Gasteiger partial charge in [-0.25, -0.2) is 0 Å². The third-order valence-electron chi connectivity index (χ3n) is 1.21. The summed E-state index contributed by atoms with van der Waals surface area (Å²) in [5.41, 5.74) is 3.80. The molecule has 8 heavy (non-hydrogen) atoms. The summed E-state index contributed by atoms with van der Waals surface area (Å²) in [7, 11) is -0.187. The average molecular weight is 148 g/mol. The van der Waals surface area contributed by atoms with Crippen LogP contribution in [0.25, 0.3) is 0 Å². The Morgan fingerprint density at radius 3 is 2.00 bits per heavy atom. The van der Waals surface area contributed by atoms with Crippen LogP contribution in [-0.2, 0) is 0 Å². The number of hydrogen-bond acceptors (Lipinski definition) is 0. The maximum Gasteiger partial charge on any atom is 0.0764 e. The Labute approximate surface area is 58.2 Å². The molecule has 0 aromatic rings. The van der Waals surface area contributed by atoms with Crippen LogP contribution < -0.4 is 0 Å². The quantitative estimate of drug-likeness (QED) is 0.539. The molecule has 0 unspecified atom stereocenters. The van der Waals surface area contributed by atoms with E-state index in [1.165, 1.54) is 12.1 Å². The van der Waals surface area contributed by atoms with Crippen LogP contribution in [0.2, 0.25) is 12.1 Å². The molecule has 0 aliphatic heterocycles. The highest BCUT2D eigenvalue weighted by Gasteiger charge is 1.97. The molecule has 47 valence electrons. The number of hydrogen-bond donors (Lipinski definition) is 0. The lowest BCUT2D eigenvalue weighted by molar-refractivity contribution is 1.33. The summed E-state index contributed by atoms with van der Waals surface area (Å²) in [6.45, 7) is 4.43. The summed E-state index contributed by atoms with van der Waals surface area (Å²) in [5, 5.41) is 0. The molecule has 0 aliphatic rings.